The van der Waals surface area contributed by atoms with Gasteiger partial charge in [-0.3, -0.25) is 9.59 Å². The lowest BCUT2D eigenvalue weighted by atomic mass is 10.2. The van der Waals surface area contributed by atoms with Crippen LogP contribution >= 0.6 is 0 Å². The zero-order valence-corrected chi connectivity index (χ0v) is 19.8. The van der Waals surface area contributed by atoms with Crippen molar-refractivity contribution < 1.29 is 28.5 Å². The molecule has 2 amide bonds. The number of amides is 2. The minimum absolute atomic E-state index is 0.474. The van der Waals surface area contributed by atoms with Gasteiger partial charge in [-0.1, -0.05) is 0 Å². The van der Waals surface area contributed by atoms with Gasteiger partial charge < -0.3 is 18.9 Å². The van der Waals surface area contributed by atoms with Gasteiger partial charge in [0.25, 0.3) is 0 Å². The van der Waals surface area contributed by atoms with E-state index in [4.69, 9.17) is 18.9 Å². The van der Waals surface area contributed by atoms with Crippen LogP contribution in [0.15, 0.2) is 46.6 Å². The molecule has 0 saturated heterocycles. The first kappa shape index (κ1) is 26.2. The summed E-state index contributed by atoms with van der Waals surface area (Å²) < 4.78 is 22.1. The number of rotatable bonds is 12. The quantitative estimate of drug-likeness (QED) is 0.280. The number of nitrogens with zero attached hydrogens (tertiary/aromatic N) is 2. The SMILES string of the molecule is CCOc1ccc(/C=N\NC(=O)C(=O)N/N=C/c2ccc(OCC)c(OCC)c2)cc1OCC. The molecule has 2 aromatic carbocycles. The highest BCUT2D eigenvalue weighted by Crippen LogP contribution is 2.28. The van der Waals surface area contributed by atoms with Crippen molar-refractivity contribution in [1.29, 1.82) is 0 Å². The van der Waals surface area contributed by atoms with Crippen LogP contribution in [0, 0.1) is 0 Å². The smallest absolute Gasteiger partial charge is 0.331 e. The predicted octanol–water partition coefficient (Wildman–Crippen LogP) is 2.88. The van der Waals surface area contributed by atoms with Gasteiger partial charge in [-0.2, -0.15) is 10.2 Å². The molecule has 0 saturated carbocycles. The summed E-state index contributed by atoms with van der Waals surface area (Å²) in [6.45, 7) is 9.46. The van der Waals surface area contributed by atoms with E-state index in [-0.39, 0.29) is 0 Å². The maximum Gasteiger partial charge on any atom is 0.331 e. The van der Waals surface area contributed by atoms with E-state index in [1.54, 1.807) is 36.4 Å². The fourth-order valence-corrected chi connectivity index (χ4v) is 2.73. The van der Waals surface area contributed by atoms with E-state index in [0.717, 1.165) is 0 Å². The molecule has 0 aromatic heterocycles. The van der Waals surface area contributed by atoms with Gasteiger partial charge in [0.15, 0.2) is 23.0 Å². The first-order valence-corrected chi connectivity index (χ1v) is 11.0. The average Bonchev–Trinajstić information content (AvgIpc) is 2.82. The largest absolute Gasteiger partial charge is 0.490 e. The number of carbonyl (C=O) groups is 2. The molecule has 0 radical (unpaired) electrons. The molecule has 0 aliphatic heterocycles. The second kappa shape index (κ2) is 14.1. The molecule has 0 atom stereocenters. The Bertz CT molecular complexity index is 941. The van der Waals surface area contributed by atoms with Crippen molar-refractivity contribution in [3.05, 3.63) is 47.5 Å². The third-order valence-corrected chi connectivity index (χ3v) is 4.10. The highest BCUT2D eigenvalue weighted by molar-refractivity contribution is 6.35. The molecular weight excluding hydrogens is 440 g/mol. The van der Waals surface area contributed by atoms with E-state index in [0.29, 0.717) is 60.6 Å². The number of ether oxygens (including phenoxy) is 4. The van der Waals surface area contributed by atoms with E-state index in [9.17, 15) is 9.59 Å². The average molecular weight is 471 g/mol. The summed E-state index contributed by atoms with van der Waals surface area (Å²) >= 11 is 0. The summed E-state index contributed by atoms with van der Waals surface area (Å²) in [5.74, 6) is 0.423. The van der Waals surface area contributed by atoms with Crippen LogP contribution in [0.1, 0.15) is 38.8 Å². The van der Waals surface area contributed by atoms with Crippen molar-refractivity contribution in [1.82, 2.24) is 10.9 Å². The molecular formula is C24H30N4O6. The summed E-state index contributed by atoms with van der Waals surface area (Å²) in [6, 6.07) is 10.4. The number of benzene rings is 2. The summed E-state index contributed by atoms with van der Waals surface area (Å²) in [6.07, 6.45) is 2.78. The summed E-state index contributed by atoms with van der Waals surface area (Å²) in [4.78, 5) is 23.9. The van der Waals surface area contributed by atoms with Crippen LogP contribution < -0.4 is 29.8 Å². The van der Waals surface area contributed by atoms with Crippen molar-refractivity contribution in [2.45, 2.75) is 27.7 Å². The molecule has 2 N–H and O–H groups in total. The first-order chi connectivity index (χ1) is 16.5. The number of hydrogen-bond acceptors (Lipinski definition) is 8. The third-order valence-electron chi connectivity index (χ3n) is 4.10. The van der Waals surface area contributed by atoms with E-state index in [2.05, 4.69) is 21.1 Å². The van der Waals surface area contributed by atoms with Gasteiger partial charge in [0.05, 0.1) is 38.9 Å². The van der Waals surface area contributed by atoms with Gasteiger partial charge in [0.1, 0.15) is 0 Å². The lowest BCUT2D eigenvalue weighted by molar-refractivity contribution is -0.139. The van der Waals surface area contributed by atoms with E-state index in [1.165, 1.54) is 12.4 Å². The maximum absolute atomic E-state index is 11.9. The van der Waals surface area contributed by atoms with E-state index < -0.39 is 11.8 Å². The number of carbonyl (C=O) groups excluding carboxylic acids is 2. The third kappa shape index (κ3) is 8.12. The summed E-state index contributed by atoms with van der Waals surface area (Å²) in [5, 5.41) is 7.60. The summed E-state index contributed by atoms with van der Waals surface area (Å²) in [5.41, 5.74) is 5.63. The van der Waals surface area contributed by atoms with E-state index >= 15 is 0 Å². The summed E-state index contributed by atoms with van der Waals surface area (Å²) in [7, 11) is 0. The number of hydrazone groups is 2. The van der Waals surface area contributed by atoms with Gasteiger partial charge in [-0.25, -0.2) is 10.9 Å². The fraction of sp³-hybridized carbons (Fsp3) is 0.333. The van der Waals surface area contributed by atoms with Crippen molar-refractivity contribution >= 4 is 24.2 Å². The van der Waals surface area contributed by atoms with Crippen LogP contribution in [0.5, 0.6) is 23.0 Å². The fourth-order valence-electron chi connectivity index (χ4n) is 2.73. The molecule has 2 aromatic rings. The second-order valence-electron chi connectivity index (χ2n) is 6.54. The molecule has 0 aliphatic rings. The minimum atomic E-state index is -0.967. The van der Waals surface area contributed by atoms with Crippen molar-refractivity contribution in [3.63, 3.8) is 0 Å². The molecule has 0 aliphatic carbocycles. The monoisotopic (exact) mass is 470 g/mol. The van der Waals surface area contributed by atoms with Crippen LogP contribution in [0.3, 0.4) is 0 Å². The van der Waals surface area contributed by atoms with Crippen LogP contribution in [-0.4, -0.2) is 50.7 Å². The Morgan fingerprint density at radius 3 is 1.35 bits per heavy atom. The maximum atomic E-state index is 11.9. The van der Waals surface area contributed by atoms with Gasteiger partial charge in [-0.05, 0) is 75.2 Å². The Hall–Kier alpha value is -4.08. The van der Waals surface area contributed by atoms with Crippen molar-refractivity contribution in [2.75, 3.05) is 26.4 Å². The zero-order chi connectivity index (χ0) is 24.8. The highest BCUT2D eigenvalue weighted by atomic mass is 16.5. The number of nitrogens with one attached hydrogen (secondary N) is 2. The lowest BCUT2D eigenvalue weighted by Crippen LogP contribution is -2.35. The van der Waals surface area contributed by atoms with Crippen LogP contribution in [0.2, 0.25) is 0 Å². The van der Waals surface area contributed by atoms with Gasteiger partial charge in [-0.15, -0.1) is 0 Å². The molecule has 182 valence electrons. The molecule has 10 heteroatoms. The van der Waals surface area contributed by atoms with E-state index in [1.807, 2.05) is 27.7 Å². The Morgan fingerprint density at radius 2 is 1.00 bits per heavy atom. The normalized spacial score (nSPS) is 10.8. The standard InChI is InChI=1S/C24H30N4O6/c1-5-31-19-11-9-17(13-21(19)33-7-3)15-25-27-23(29)24(30)28-26-16-18-10-12-20(32-6-2)22(14-18)34-8-4/h9-16H,5-8H2,1-4H3,(H,27,29)(H,28,30)/b25-15-,26-16+. The Morgan fingerprint density at radius 1 is 0.647 bits per heavy atom. The first-order valence-electron chi connectivity index (χ1n) is 11.0. The molecule has 10 nitrogen and oxygen atoms in total. The Balaban J connectivity index is 1.92. The zero-order valence-electron chi connectivity index (χ0n) is 19.8. The molecule has 0 fully saturated rings. The second-order valence-corrected chi connectivity index (χ2v) is 6.54. The van der Waals surface area contributed by atoms with Gasteiger partial charge in [0, 0.05) is 0 Å². The topological polar surface area (TPSA) is 120 Å². The molecule has 34 heavy (non-hydrogen) atoms. The van der Waals surface area contributed by atoms with Crippen molar-refractivity contribution in [3.8, 4) is 23.0 Å². The van der Waals surface area contributed by atoms with Crippen LogP contribution in [0.4, 0.5) is 0 Å². The Kier molecular flexibility index (Phi) is 10.9. The van der Waals surface area contributed by atoms with Gasteiger partial charge in [0.2, 0.25) is 0 Å². The van der Waals surface area contributed by atoms with Crippen LogP contribution in [0.25, 0.3) is 0 Å². The predicted molar refractivity (Wildman–Crippen MR) is 129 cm³/mol. The molecule has 0 heterocycles. The van der Waals surface area contributed by atoms with Crippen molar-refractivity contribution in [2.24, 2.45) is 10.2 Å². The minimum Gasteiger partial charge on any atom is -0.490 e. The lowest BCUT2D eigenvalue weighted by Gasteiger charge is -2.11. The van der Waals surface area contributed by atoms with Gasteiger partial charge >= 0.3 is 11.8 Å². The van der Waals surface area contributed by atoms with Crippen LogP contribution in [-0.2, 0) is 9.59 Å². The molecule has 0 spiro atoms. The Labute approximate surface area is 198 Å². The molecule has 2 rings (SSSR count). The highest BCUT2D eigenvalue weighted by Gasteiger charge is 2.12. The number of hydrogen-bond donors (Lipinski definition) is 2. The molecule has 0 bridgehead atoms. The molecule has 0 unspecified atom stereocenters.